The third-order valence-corrected chi connectivity index (χ3v) is 4.50. The van der Waals surface area contributed by atoms with Crippen molar-refractivity contribution in [2.24, 2.45) is 10.8 Å². The van der Waals surface area contributed by atoms with Crippen LogP contribution in [0.5, 0.6) is 0 Å². The summed E-state index contributed by atoms with van der Waals surface area (Å²) in [5, 5.41) is 6.56. The molecule has 3 nitrogen and oxygen atoms in total. The van der Waals surface area contributed by atoms with Crippen molar-refractivity contribution in [1.29, 1.82) is 0 Å². The Morgan fingerprint density at radius 3 is 1.71 bits per heavy atom. The minimum Gasteiger partial charge on any atom is -0.351 e. The zero-order valence-corrected chi connectivity index (χ0v) is 16.0. The molecule has 126 valence electrons. The highest BCUT2D eigenvalue weighted by atomic mass is 16.2. The Kier molecular flexibility index (Phi) is 6.50. The SMILES string of the molecule is CCC(C)(C)CC(C)(C)C(=O)NC(C)(C)CC(C)(C)NC. The van der Waals surface area contributed by atoms with Crippen molar-refractivity contribution in [2.45, 2.75) is 92.7 Å². The Bertz CT molecular complexity index is 354. The van der Waals surface area contributed by atoms with E-state index in [1.165, 1.54) is 0 Å². The maximum Gasteiger partial charge on any atom is 0.226 e. The molecule has 3 heteroatoms. The van der Waals surface area contributed by atoms with Crippen LogP contribution in [0.3, 0.4) is 0 Å². The average Bonchev–Trinajstić information content (AvgIpc) is 2.25. The van der Waals surface area contributed by atoms with Crippen LogP contribution in [0.1, 0.15) is 81.6 Å². The van der Waals surface area contributed by atoms with Gasteiger partial charge in [0.15, 0.2) is 0 Å². The molecule has 1 amide bonds. The standard InChI is InChI=1S/C18H38N2O/c1-11-15(2,3)12-16(4,5)14(21)20-18(8,9)13-17(6,7)19-10/h19H,11-13H2,1-10H3,(H,20,21). The van der Waals surface area contributed by atoms with Gasteiger partial charge in [-0.1, -0.05) is 41.0 Å². The molecule has 0 aromatic heterocycles. The number of hydrogen-bond donors (Lipinski definition) is 2. The van der Waals surface area contributed by atoms with Crippen molar-refractivity contribution in [3.8, 4) is 0 Å². The van der Waals surface area contributed by atoms with Gasteiger partial charge in [0, 0.05) is 16.5 Å². The fourth-order valence-corrected chi connectivity index (χ4v) is 3.12. The Morgan fingerprint density at radius 1 is 0.857 bits per heavy atom. The molecule has 21 heavy (non-hydrogen) atoms. The molecular weight excluding hydrogens is 260 g/mol. The molecule has 0 saturated carbocycles. The molecule has 0 atom stereocenters. The van der Waals surface area contributed by atoms with Crippen LogP contribution in [0.2, 0.25) is 0 Å². The third-order valence-electron chi connectivity index (χ3n) is 4.50. The summed E-state index contributed by atoms with van der Waals surface area (Å²) in [6.45, 7) is 19.3. The fraction of sp³-hybridized carbons (Fsp3) is 0.944. The Hall–Kier alpha value is -0.570. The molecule has 0 aliphatic rings. The quantitative estimate of drug-likeness (QED) is 0.707. The monoisotopic (exact) mass is 298 g/mol. The molecule has 0 spiro atoms. The fourth-order valence-electron chi connectivity index (χ4n) is 3.12. The predicted molar refractivity (Wildman–Crippen MR) is 92.4 cm³/mol. The highest BCUT2D eigenvalue weighted by molar-refractivity contribution is 5.82. The summed E-state index contributed by atoms with van der Waals surface area (Å²) in [5.74, 6) is 0.154. The first-order valence-corrected chi connectivity index (χ1v) is 8.18. The molecule has 2 N–H and O–H groups in total. The molecule has 0 aromatic rings. The average molecular weight is 299 g/mol. The summed E-state index contributed by atoms with van der Waals surface area (Å²) in [4.78, 5) is 12.7. The molecule has 0 heterocycles. The van der Waals surface area contributed by atoms with Crippen LogP contribution in [0.4, 0.5) is 0 Å². The molecule has 0 aliphatic heterocycles. The second-order valence-corrected chi connectivity index (χ2v) is 9.23. The highest BCUT2D eigenvalue weighted by Gasteiger charge is 2.37. The van der Waals surface area contributed by atoms with Gasteiger partial charge >= 0.3 is 0 Å². The van der Waals surface area contributed by atoms with E-state index in [1.807, 2.05) is 7.05 Å². The number of carbonyl (C=O) groups is 1. The lowest BCUT2D eigenvalue weighted by atomic mass is 9.72. The lowest BCUT2D eigenvalue weighted by molar-refractivity contribution is -0.133. The second-order valence-electron chi connectivity index (χ2n) is 9.23. The summed E-state index contributed by atoms with van der Waals surface area (Å²) in [5.41, 5.74) is -0.378. The van der Waals surface area contributed by atoms with E-state index in [0.29, 0.717) is 0 Å². The molecule has 0 aromatic carbocycles. The van der Waals surface area contributed by atoms with E-state index >= 15 is 0 Å². The van der Waals surface area contributed by atoms with E-state index in [1.54, 1.807) is 0 Å². The van der Waals surface area contributed by atoms with Gasteiger partial charge in [0.25, 0.3) is 0 Å². The van der Waals surface area contributed by atoms with Gasteiger partial charge < -0.3 is 10.6 Å². The van der Waals surface area contributed by atoms with Crippen molar-refractivity contribution in [1.82, 2.24) is 10.6 Å². The van der Waals surface area contributed by atoms with Crippen LogP contribution >= 0.6 is 0 Å². The lowest BCUT2D eigenvalue weighted by Gasteiger charge is -2.39. The van der Waals surface area contributed by atoms with Crippen molar-refractivity contribution in [3.05, 3.63) is 0 Å². The van der Waals surface area contributed by atoms with Gasteiger partial charge in [0.1, 0.15) is 0 Å². The maximum atomic E-state index is 12.7. The Labute approximate surface area is 132 Å². The normalized spacial score (nSPS) is 14.2. The molecule has 0 radical (unpaired) electrons. The molecular formula is C18H38N2O. The summed E-state index contributed by atoms with van der Waals surface area (Å²) in [6, 6.07) is 0. The van der Waals surface area contributed by atoms with Gasteiger partial charge in [-0.05, 0) is 53.0 Å². The maximum absolute atomic E-state index is 12.7. The van der Waals surface area contributed by atoms with Gasteiger partial charge in [-0.15, -0.1) is 0 Å². The van der Waals surface area contributed by atoms with E-state index in [2.05, 4.69) is 72.9 Å². The number of hydrogen-bond acceptors (Lipinski definition) is 2. The van der Waals surface area contributed by atoms with Crippen LogP contribution in [-0.2, 0) is 4.79 Å². The first-order chi connectivity index (χ1) is 9.16. The Morgan fingerprint density at radius 2 is 1.33 bits per heavy atom. The van der Waals surface area contributed by atoms with Crippen LogP contribution in [0.25, 0.3) is 0 Å². The predicted octanol–water partition coefficient (Wildman–Crippen LogP) is 4.12. The van der Waals surface area contributed by atoms with E-state index in [4.69, 9.17) is 0 Å². The van der Waals surface area contributed by atoms with Gasteiger partial charge in [0.05, 0.1) is 0 Å². The topological polar surface area (TPSA) is 41.1 Å². The molecule has 0 fully saturated rings. The molecule has 0 saturated heterocycles. The van der Waals surface area contributed by atoms with E-state index in [-0.39, 0.29) is 27.8 Å². The molecule has 0 bridgehead atoms. The third kappa shape index (κ3) is 7.30. The minimum atomic E-state index is -0.347. The number of nitrogens with one attached hydrogen (secondary N) is 2. The lowest BCUT2D eigenvalue weighted by Crippen LogP contribution is -2.54. The summed E-state index contributed by atoms with van der Waals surface area (Å²) >= 11 is 0. The Balaban J connectivity index is 4.87. The molecule has 0 rings (SSSR count). The number of amides is 1. The highest BCUT2D eigenvalue weighted by Crippen LogP contribution is 2.36. The molecule has 0 aliphatic carbocycles. The zero-order chi connectivity index (χ0) is 17.1. The first kappa shape index (κ1) is 20.4. The zero-order valence-electron chi connectivity index (χ0n) is 16.0. The van der Waals surface area contributed by atoms with Crippen molar-refractivity contribution in [2.75, 3.05) is 7.05 Å². The number of rotatable bonds is 8. The van der Waals surface area contributed by atoms with Crippen LogP contribution in [-0.4, -0.2) is 24.0 Å². The van der Waals surface area contributed by atoms with Gasteiger partial charge in [0.2, 0.25) is 5.91 Å². The van der Waals surface area contributed by atoms with E-state index in [9.17, 15) is 4.79 Å². The second kappa shape index (κ2) is 6.68. The van der Waals surface area contributed by atoms with Crippen molar-refractivity contribution >= 4 is 5.91 Å². The minimum absolute atomic E-state index is 0.00358. The van der Waals surface area contributed by atoms with E-state index in [0.717, 1.165) is 19.3 Å². The van der Waals surface area contributed by atoms with Gasteiger partial charge in [-0.2, -0.15) is 0 Å². The summed E-state index contributed by atoms with van der Waals surface area (Å²) < 4.78 is 0. The summed E-state index contributed by atoms with van der Waals surface area (Å²) in [6.07, 6.45) is 2.86. The van der Waals surface area contributed by atoms with Crippen LogP contribution < -0.4 is 10.6 Å². The van der Waals surface area contributed by atoms with Crippen molar-refractivity contribution < 1.29 is 4.79 Å². The summed E-state index contributed by atoms with van der Waals surface area (Å²) in [7, 11) is 1.96. The van der Waals surface area contributed by atoms with Crippen molar-refractivity contribution in [3.63, 3.8) is 0 Å². The van der Waals surface area contributed by atoms with Gasteiger partial charge in [-0.3, -0.25) is 4.79 Å². The number of carbonyl (C=O) groups excluding carboxylic acids is 1. The largest absolute Gasteiger partial charge is 0.351 e. The smallest absolute Gasteiger partial charge is 0.226 e. The van der Waals surface area contributed by atoms with Crippen LogP contribution in [0, 0.1) is 10.8 Å². The van der Waals surface area contributed by atoms with E-state index < -0.39 is 0 Å². The van der Waals surface area contributed by atoms with Crippen LogP contribution in [0.15, 0.2) is 0 Å². The van der Waals surface area contributed by atoms with Gasteiger partial charge in [-0.25, -0.2) is 0 Å². The molecule has 0 unspecified atom stereocenters. The first-order valence-electron chi connectivity index (χ1n) is 8.18.